The van der Waals surface area contributed by atoms with E-state index in [-0.39, 0.29) is 12.3 Å². The molecule has 1 rings (SSSR count). The lowest BCUT2D eigenvalue weighted by Gasteiger charge is -1.98. The molecule has 0 aliphatic rings. The normalized spacial score (nSPS) is 10.6. The van der Waals surface area contributed by atoms with Gasteiger partial charge in [-0.25, -0.2) is 0 Å². The highest BCUT2D eigenvalue weighted by atomic mass is 79.9. The van der Waals surface area contributed by atoms with Gasteiger partial charge >= 0.3 is 0 Å². The highest BCUT2D eigenvalue weighted by molar-refractivity contribution is 9.10. The molecule has 0 aliphatic heterocycles. The van der Waals surface area contributed by atoms with Crippen LogP contribution in [-0.2, 0) is 4.79 Å². The lowest BCUT2D eigenvalue weighted by Crippen LogP contribution is -2.14. The van der Waals surface area contributed by atoms with E-state index < -0.39 is 5.91 Å². The van der Waals surface area contributed by atoms with Crippen molar-refractivity contribution in [2.24, 2.45) is 10.7 Å². The van der Waals surface area contributed by atoms with E-state index in [9.17, 15) is 9.90 Å². The fourth-order valence-corrected chi connectivity index (χ4v) is 1.24. The van der Waals surface area contributed by atoms with Crippen LogP contribution >= 0.6 is 15.9 Å². The summed E-state index contributed by atoms with van der Waals surface area (Å²) >= 11 is 3.25. The van der Waals surface area contributed by atoms with Gasteiger partial charge in [0.1, 0.15) is 12.3 Å². The average Bonchev–Trinajstić information content (AvgIpc) is 2.10. The molecule has 5 heteroatoms. The van der Waals surface area contributed by atoms with E-state index in [2.05, 4.69) is 20.9 Å². The van der Waals surface area contributed by atoms with Crippen LogP contribution in [0.25, 0.3) is 0 Å². The van der Waals surface area contributed by atoms with E-state index in [4.69, 9.17) is 5.73 Å². The SMILES string of the molecule is NC(=O)CN=Cc1cc(Br)ccc1O. The monoisotopic (exact) mass is 256 g/mol. The standard InChI is InChI=1S/C9H9BrN2O2/c10-7-1-2-8(13)6(3-7)4-12-5-9(11)14/h1-4,13H,5H2,(H2,11,14). The summed E-state index contributed by atoms with van der Waals surface area (Å²) in [5, 5.41) is 9.37. The van der Waals surface area contributed by atoms with Gasteiger partial charge in [-0.3, -0.25) is 9.79 Å². The number of carbonyl (C=O) groups excluding carboxylic acids is 1. The van der Waals surface area contributed by atoms with Crippen molar-refractivity contribution >= 4 is 28.1 Å². The zero-order valence-electron chi connectivity index (χ0n) is 7.27. The molecule has 74 valence electrons. The second-order valence-electron chi connectivity index (χ2n) is 2.64. The number of primary amides is 1. The van der Waals surface area contributed by atoms with Crippen molar-refractivity contribution in [2.45, 2.75) is 0 Å². The Morgan fingerprint density at radius 2 is 2.36 bits per heavy atom. The fraction of sp³-hybridized carbons (Fsp3) is 0.111. The molecule has 14 heavy (non-hydrogen) atoms. The number of rotatable bonds is 3. The van der Waals surface area contributed by atoms with Crippen LogP contribution < -0.4 is 5.73 Å². The van der Waals surface area contributed by atoms with Gasteiger partial charge in [0.15, 0.2) is 0 Å². The van der Waals surface area contributed by atoms with E-state index in [0.29, 0.717) is 5.56 Å². The maximum absolute atomic E-state index is 10.4. The van der Waals surface area contributed by atoms with Crippen LogP contribution in [-0.4, -0.2) is 23.8 Å². The van der Waals surface area contributed by atoms with Gasteiger partial charge < -0.3 is 10.8 Å². The predicted molar refractivity (Wildman–Crippen MR) is 57.5 cm³/mol. The van der Waals surface area contributed by atoms with E-state index in [1.165, 1.54) is 12.3 Å². The summed E-state index contributed by atoms with van der Waals surface area (Å²) in [6, 6.07) is 4.94. The molecule has 3 N–H and O–H groups in total. The number of nitrogens with two attached hydrogens (primary N) is 1. The minimum absolute atomic E-state index is 0.0774. The van der Waals surface area contributed by atoms with E-state index in [0.717, 1.165) is 4.47 Å². The summed E-state index contributed by atoms with van der Waals surface area (Å²) in [4.78, 5) is 14.1. The molecule has 0 saturated heterocycles. The van der Waals surface area contributed by atoms with Crippen molar-refractivity contribution < 1.29 is 9.90 Å². The minimum Gasteiger partial charge on any atom is -0.507 e. The number of carbonyl (C=O) groups is 1. The van der Waals surface area contributed by atoms with E-state index in [1.807, 2.05) is 0 Å². The molecule has 0 aliphatic carbocycles. The van der Waals surface area contributed by atoms with Crippen LogP contribution in [0.2, 0.25) is 0 Å². The molecule has 1 amide bonds. The Morgan fingerprint density at radius 3 is 3.00 bits per heavy atom. The third-order valence-corrected chi connectivity index (χ3v) is 1.96. The number of nitrogens with zero attached hydrogens (tertiary/aromatic N) is 1. The van der Waals surface area contributed by atoms with Crippen molar-refractivity contribution in [3.63, 3.8) is 0 Å². The molecule has 0 unspecified atom stereocenters. The number of hydrogen-bond acceptors (Lipinski definition) is 3. The number of amides is 1. The van der Waals surface area contributed by atoms with Gasteiger partial charge in [0.05, 0.1) is 0 Å². The number of aromatic hydroxyl groups is 1. The highest BCUT2D eigenvalue weighted by Crippen LogP contribution is 2.19. The van der Waals surface area contributed by atoms with Gasteiger partial charge in [-0.05, 0) is 18.2 Å². The Morgan fingerprint density at radius 1 is 1.64 bits per heavy atom. The molecule has 4 nitrogen and oxygen atoms in total. The molecule has 0 heterocycles. The Hall–Kier alpha value is -1.36. The number of phenolic OH excluding ortho intramolecular Hbond substituents is 1. The molecule has 1 aromatic rings. The van der Waals surface area contributed by atoms with Gasteiger partial charge in [-0.1, -0.05) is 15.9 Å². The number of aliphatic imine (C=N–C) groups is 1. The number of phenols is 1. The third kappa shape index (κ3) is 3.18. The number of hydrogen-bond donors (Lipinski definition) is 2. The van der Waals surface area contributed by atoms with Gasteiger partial charge in [-0.2, -0.15) is 0 Å². The smallest absolute Gasteiger partial charge is 0.239 e. The molecule has 1 aromatic carbocycles. The van der Waals surface area contributed by atoms with Gasteiger partial charge in [0.25, 0.3) is 0 Å². The molecule has 0 aromatic heterocycles. The Balaban J connectivity index is 2.80. The number of halogens is 1. The second kappa shape index (κ2) is 4.76. The van der Waals surface area contributed by atoms with Crippen molar-refractivity contribution in [1.29, 1.82) is 0 Å². The predicted octanol–water partition coefficient (Wildman–Crippen LogP) is 1.06. The number of benzene rings is 1. The van der Waals surface area contributed by atoms with Gasteiger partial charge in [-0.15, -0.1) is 0 Å². The summed E-state index contributed by atoms with van der Waals surface area (Å²) in [5.74, 6) is -0.392. The van der Waals surface area contributed by atoms with Crippen molar-refractivity contribution in [1.82, 2.24) is 0 Å². The summed E-state index contributed by atoms with van der Waals surface area (Å²) < 4.78 is 0.829. The molecule has 0 radical (unpaired) electrons. The van der Waals surface area contributed by atoms with E-state index >= 15 is 0 Å². The first kappa shape index (κ1) is 10.7. The van der Waals surface area contributed by atoms with Crippen molar-refractivity contribution in [3.05, 3.63) is 28.2 Å². The van der Waals surface area contributed by atoms with Crippen molar-refractivity contribution in [2.75, 3.05) is 6.54 Å². The molecule has 0 fully saturated rings. The average molecular weight is 257 g/mol. The lowest BCUT2D eigenvalue weighted by molar-refractivity contribution is -0.116. The summed E-state index contributed by atoms with van der Waals surface area (Å²) in [6.45, 7) is -0.0774. The quantitative estimate of drug-likeness (QED) is 0.794. The van der Waals surface area contributed by atoms with Crippen LogP contribution in [0.15, 0.2) is 27.7 Å². The summed E-state index contributed by atoms with van der Waals surface area (Å²) in [7, 11) is 0. The zero-order valence-corrected chi connectivity index (χ0v) is 8.86. The van der Waals surface area contributed by atoms with Crippen LogP contribution in [0.4, 0.5) is 0 Å². The lowest BCUT2D eigenvalue weighted by atomic mass is 10.2. The molecule has 0 atom stereocenters. The Labute approximate surface area is 89.6 Å². The highest BCUT2D eigenvalue weighted by Gasteiger charge is 1.98. The topological polar surface area (TPSA) is 75.7 Å². The van der Waals surface area contributed by atoms with Gasteiger partial charge in [0.2, 0.25) is 5.91 Å². The Bertz CT molecular complexity index is 377. The Kier molecular flexibility index (Phi) is 3.64. The van der Waals surface area contributed by atoms with Crippen molar-refractivity contribution in [3.8, 4) is 5.75 Å². The maximum Gasteiger partial charge on any atom is 0.239 e. The van der Waals surface area contributed by atoms with E-state index in [1.54, 1.807) is 12.1 Å². The van der Waals surface area contributed by atoms with Crippen LogP contribution in [0.5, 0.6) is 5.75 Å². The molecular formula is C9H9BrN2O2. The van der Waals surface area contributed by atoms with Crippen LogP contribution in [0, 0.1) is 0 Å². The molecule has 0 saturated carbocycles. The third-order valence-electron chi connectivity index (χ3n) is 1.47. The van der Waals surface area contributed by atoms with Crippen LogP contribution in [0.3, 0.4) is 0 Å². The largest absolute Gasteiger partial charge is 0.507 e. The zero-order chi connectivity index (χ0) is 10.6. The summed E-state index contributed by atoms with van der Waals surface area (Å²) in [6.07, 6.45) is 1.41. The first-order valence-corrected chi connectivity index (χ1v) is 4.65. The van der Waals surface area contributed by atoms with Crippen LogP contribution in [0.1, 0.15) is 5.56 Å². The summed E-state index contributed by atoms with van der Waals surface area (Å²) in [5.41, 5.74) is 5.44. The molecule has 0 bridgehead atoms. The second-order valence-corrected chi connectivity index (χ2v) is 3.55. The first-order valence-electron chi connectivity index (χ1n) is 3.86. The molecule has 0 spiro atoms. The molecular weight excluding hydrogens is 248 g/mol. The fourth-order valence-electron chi connectivity index (χ4n) is 0.863. The van der Waals surface area contributed by atoms with Gasteiger partial charge in [0, 0.05) is 16.3 Å². The minimum atomic E-state index is -0.504. The first-order chi connectivity index (χ1) is 6.59. The maximum atomic E-state index is 10.4.